The average Bonchev–Trinajstić information content (AvgIpc) is 1.85. The van der Waals surface area contributed by atoms with Crippen molar-refractivity contribution in [2.75, 3.05) is 13.6 Å². The van der Waals surface area contributed by atoms with Crippen molar-refractivity contribution in [3.05, 3.63) is 0 Å². The van der Waals surface area contributed by atoms with Crippen molar-refractivity contribution in [1.29, 1.82) is 0 Å². The van der Waals surface area contributed by atoms with E-state index in [1.165, 1.54) is 0 Å². The molecule has 0 saturated heterocycles. The first kappa shape index (κ1) is 10.6. The first-order chi connectivity index (χ1) is 4.57. The van der Waals surface area contributed by atoms with Crippen molar-refractivity contribution in [2.45, 2.75) is 25.6 Å². The molecule has 0 aliphatic carbocycles. The van der Waals surface area contributed by atoms with Gasteiger partial charge >= 0.3 is 0 Å². The number of hydrogen-bond donors (Lipinski definition) is 2. The van der Waals surface area contributed by atoms with Crippen LogP contribution in [0.2, 0.25) is 0 Å². The van der Waals surface area contributed by atoms with Gasteiger partial charge < -0.3 is 10.2 Å². The second-order valence-corrected chi connectivity index (χ2v) is 3.98. The van der Waals surface area contributed by atoms with Crippen molar-refractivity contribution in [2.24, 2.45) is 0 Å². The second kappa shape index (κ2) is 5.29. The fraction of sp³-hybridized carbons (Fsp3) is 1.00. The highest BCUT2D eigenvalue weighted by Gasteiger charge is 2.14. The van der Waals surface area contributed by atoms with Crippen molar-refractivity contribution in [3.8, 4) is 0 Å². The van der Waals surface area contributed by atoms with Crippen molar-refractivity contribution in [3.63, 3.8) is 0 Å². The van der Waals surface area contributed by atoms with E-state index in [0.717, 1.165) is 0 Å². The molecule has 0 heterocycles. The third kappa shape index (κ3) is 4.43. The van der Waals surface area contributed by atoms with E-state index in [1.54, 1.807) is 0 Å². The molecule has 0 radical (unpaired) electrons. The molecule has 0 spiro atoms. The van der Waals surface area contributed by atoms with Gasteiger partial charge in [-0.2, -0.15) is 0 Å². The van der Waals surface area contributed by atoms with Gasteiger partial charge in [-0.15, -0.1) is 0 Å². The maximum atomic E-state index is 9.19. The molecule has 0 amide bonds. The van der Waals surface area contributed by atoms with E-state index < -0.39 is 12.2 Å². The maximum Gasteiger partial charge on any atom is 0.0933 e. The zero-order chi connectivity index (χ0) is 8.15. The van der Waals surface area contributed by atoms with Gasteiger partial charge in [0, 0.05) is 29.4 Å². The zero-order valence-corrected chi connectivity index (χ0v) is 8.45. The molecule has 62 valence electrons. The number of aliphatic hydroxyl groups excluding tert-OH is 2. The van der Waals surface area contributed by atoms with E-state index >= 15 is 0 Å². The summed E-state index contributed by atoms with van der Waals surface area (Å²) in [5, 5.41) is 18.3. The van der Waals surface area contributed by atoms with Crippen molar-refractivity contribution >= 4 is 22.9 Å². The lowest BCUT2D eigenvalue weighted by Gasteiger charge is -2.18. The summed E-state index contributed by atoms with van der Waals surface area (Å²) in [7, 11) is 1.85. The van der Waals surface area contributed by atoms with E-state index in [9.17, 15) is 5.11 Å². The zero-order valence-electron chi connectivity index (χ0n) is 6.29. The van der Waals surface area contributed by atoms with E-state index in [0.29, 0.717) is 13.0 Å². The molecule has 0 aromatic carbocycles. The number of hydrogen-bond acceptors (Lipinski definition) is 3. The highest BCUT2D eigenvalue weighted by molar-refractivity contribution is 14.1. The fourth-order valence-electron chi connectivity index (χ4n) is 0.652. The highest BCUT2D eigenvalue weighted by Crippen LogP contribution is 2.02. The van der Waals surface area contributed by atoms with Crippen LogP contribution in [-0.4, -0.2) is 39.1 Å². The molecular weight excluding hydrogens is 245 g/mol. The predicted molar refractivity (Wildman–Crippen MR) is 49.0 cm³/mol. The van der Waals surface area contributed by atoms with E-state index in [2.05, 4.69) is 22.9 Å². The molecule has 0 aromatic heterocycles. The smallest absolute Gasteiger partial charge is 0.0933 e. The molecule has 3 nitrogen and oxygen atoms in total. The van der Waals surface area contributed by atoms with Gasteiger partial charge in [-0.25, -0.2) is 3.11 Å². The van der Waals surface area contributed by atoms with Gasteiger partial charge in [-0.3, -0.25) is 0 Å². The highest BCUT2D eigenvalue weighted by atomic mass is 127. The number of rotatable bonds is 4. The summed E-state index contributed by atoms with van der Waals surface area (Å²) in [6.45, 7) is 2.36. The van der Waals surface area contributed by atoms with Gasteiger partial charge in [-0.1, -0.05) is 6.92 Å². The molecule has 4 heteroatoms. The number of nitrogens with zero attached hydrogens (tertiary/aromatic N) is 1. The van der Waals surface area contributed by atoms with Gasteiger partial charge in [0.05, 0.1) is 12.2 Å². The minimum atomic E-state index is -0.619. The molecule has 0 bridgehead atoms. The molecule has 2 N–H and O–H groups in total. The Bertz CT molecular complexity index is 89.8. The van der Waals surface area contributed by atoms with Crippen LogP contribution in [0.1, 0.15) is 13.3 Å². The Balaban J connectivity index is 3.50. The van der Waals surface area contributed by atoms with Crippen LogP contribution >= 0.6 is 22.9 Å². The normalized spacial score (nSPS) is 17.4. The molecule has 0 aliphatic rings. The average molecular weight is 259 g/mol. The number of aliphatic hydroxyl groups is 2. The van der Waals surface area contributed by atoms with Crippen LogP contribution in [0, 0.1) is 0 Å². The van der Waals surface area contributed by atoms with Crippen LogP contribution in [0.4, 0.5) is 0 Å². The predicted octanol–water partition coefficient (Wildman–Crippen LogP) is 0.400. The second-order valence-electron chi connectivity index (χ2n) is 2.33. The van der Waals surface area contributed by atoms with Crippen LogP contribution in [0.25, 0.3) is 0 Å². The summed E-state index contributed by atoms with van der Waals surface area (Å²) >= 11 is 2.07. The minimum absolute atomic E-state index is 0.509. The molecule has 0 aromatic rings. The SMILES string of the molecule is CCC(O)C(O)CN(C)I. The van der Waals surface area contributed by atoms with Gasteiger partial charge in [0.25, 0.3) is 0 Å². The minimum Gasteiger partial charge on any atom is -0.390 e. The molecule has 0 fully saturated rings. The lowest BCUT2D eigenvalue weighted by atomic mass is 10.1. The molecule has 2 atom stereocenters. The summed E-state index contributed by atoms with van der Waals surface area (Å²) in [6.07, 6.45) is -0.602. The van der Waals surface area contributed by atoms with Crippen LogP contribution < -0.4 is 0 Å². The van der Waals surface area contributed by atoms with Crippen molar-refractivity contribution < 1.29 is 10.2 Å². The van der Waals surface area contributed by atoms with Gasteiger partial charge in [0.1, 0.15) is 0 Å². The summed E-state index contributed by atoms with van der Waals surface area (Å²) in [5.74, 6) is 0. The van der Waals surface area contributed by atoms with Crippen molar-refractivity contribution in [1.82, 2.24) is 3.11 Å². The van der Waals surface area contributed by atoms with E-state index in [4.69, 9.17) is 5.11 Å². The Morgan fingerprint density at radius 2 is 1.90 bits per heavy atom. The Labute approximate surface area is 75.5 Å². The first-order valence-electron chi connectivity index (χ1n) is 3.31. The van der Waals surface area contributed by atoms with E-state index in [1.807, 2.05) is 17.1 Å². The number of likely N-dealkylation sites (N-methyl/N-ethyl adjacent to an activating group) is 1. The quantitative estimate of drug-likeness (QED) is 0.567. The summed E-state index contributed by atoms with van der Waals surface area (Å²) < 4.78 is 1.82. The summed E-state index contributed by atoms with van der Waals surface area (Å²) in [4.78, 5) is 0. The Morgan fingerprint density at radius 1 is 1.40 bits per heavy atom. The molecule has 2 unspecified atom stereocenters. The van der Waals surface area contributed by atoms with Crippen LogP contribution in [0.15, 0.2) is 0 Å². The number of halogens is 1. The van der Waals surface area contributed by atoms with Gasteiger partial charge in [0.2, 0.25) is 0 Å². The van der Waals surface area contributed by atoms with Gasteiger partial charge in [0.15, 0.2) is 0 Å². The lowest BCUT2D eigenvalue weighted by molar-refractivity contribution is 0.0129. The summed E-state index contributed by atoms with van der Waals surface area (Å²) in [6, 6.07) is 0. The standard InChI is InChI=1S/C6H14INO2/c1-3-5(9)6(10)4-8(2)7/h5-6,9-10H,3-4H2,1-2H3. The monoisotopic (exact) mass is 259 g/mol. The maximum absolute atomic E-state index is 9.19. The fourth-order valence-corrected chi connectivity index (χ4v) is 1.06. The van der Waals surface area contributed by atoms with Crippen LogP contribution in [0.5, 0.6) is 0 Å². The molecule has 0 saturated carbocycles. The molecule has 0 rings (SSSR count). The van der Waals surface area contributed by atoms with Crippen LogP contribution in [0.3, 0.4) is 0 Å². The third-order valence-electron chi connectivity index (χ3n) is 1.30. The Morgan fingerprint density at radius 3 is 2.20 bits per heavy atom. The third-order valence-corrected chi connectivity index (χ3v) is 1.69. The Kier molecular flexibility index (Phi) is 5.61. The summed E-state index contributed by atoms with van der Waals surface area (Å²) in [5.41, 5.74) is 0. The largest absolute Gasteiger partial charge is 0.390 e. The molecular formula is C6H14INO2. The molecule has 0 aliphatic heterocycles. The van der Waals surface area contributed by atoms with Crippen LogP contribution in [-0.2, 0) is 0 Å². The topological polar surface area (TPSA) is 43.7 Å². The van der Waals surface area contributed by atoms with E-state index in [-0.39, 0.29) is 0 Å². The van der Waals surface area contributed by atoms with Gasteiger partial charge in [-0.05, 0) is 13.5 Å². The Hall–Kier alpha value is 0.610. The lowest BCUT2D eigenvalue weighted by Crippen LogP contribution is -2.33. The molecule has 10 heavy (non-hydrogen) atoms. The first-order valence-corrected chi connectivity index (χ1v) is 4.27.